The van der Waals surface area contributed by atoms with Crippen LogP contribution in [0.4, 0.5) is 23.2 Å². The van der Waals surface area contributed by atoms with E-state index in [1.807, 2.05) is 0 Å². The van der Waals surface area contributed by atoms with Crippen LogP contribution < -0.4 is 10.2 Å². The number of carbonyl (C=O) groups excluding carboxylic acids is 2. The number of alkyl halides is 3. The Kier molecular flexibility index (Phi) is 6.28. The number of rotatable bonds is 5. The van der Waals surface area contributed by atoms with Crippen LogP contribution in [-0.2, 0) is 23.8 Å². The van der Waals surface area contributed by atoms with Crippen molar-refractivity contribution >= 4 is 28.4 Å². The minimum atomic E-state index is -4.64. The van der Waals surface area contributed by atoms with Gasteiger partial charge in [-0.15, -0.1) is 5.10 Å². The smallest absolute Gasteiger partial charge is 0.337 e. The molecule has 0 bridgehead atoms. The van der Waals surface area contributed by atoms with Gasteiger partial charge in [0.15, 0.2) is 0 Å². The summed E-state index contributed by atoms with van der Waals surface area (Å²) in [6.07, 6.45) is -1.78. The minimum absolute atomic E-state index is 0.00385. The first-order valence-corrected chi connectivity index (χ1v) is 12.5. The molecule has 0 saturated heterocycles. The zero-order chi connectivity index (χ0) is 28.9. The number of likely N-dealkylation sites (N-methyl/N-ethyl adjacent to an activating group) is 1. The highest BCUT2D eigenvalue weighted by Gasteiger charge is 2.37. The van der Waals surface area contributed by atoms with Crippen molar-refractivity contribution in [3.63, 3.8) is 0 Å². The van der Waals surface area contributed by atoms with E-state index in [1.165, 1.54) is 41.0 Å². The van der Waals surface area contributed by atoms with Crippen molar-refractivity contribution in [2.75, 3.05) is 11.9 Å². The lowest BCUT2D eigenvalue weighted by Crippen LogP contribution is -2.48. The second-order valence-electron chi connectivity index (χ2n) is 9.57. The van der Waals surface area contributed by atoms with E-state index in [4.69, 9.17) is 0 Å². The minimum Gasteiger partial charge on any atom is -0.337 e. The molecule has 1 atom stereocenters. The zero-order valence-electron chi connectivity index (χ0n) is 21.4. The maximum Gasteiger partial charge on any atom is 0.419 e. The van der Waals surface area contributed by atoms with Crippen molar-refractivity contribution in [1.29, 1.82) is 0 Å². The summed E-state index contributed by atoms with van der Waals surface area (Å²) in [4.78, 5) is 36.0. The molecule has 1 aliphatic rings. The first-order chi connectivity index (χ1) is 19.6. The third kappa shape index (κ3) is 4.68. The van der Waals surface area contributed by atoms with E-state index in [0.717, 1.165) is 6.07 Å². The van der Waals surface area contributed by atoms with Crippen LogP contribution >= 0.6 is 0 Å². The Morgan fingerprint density at radius 3 is 2.71 bits per heavy atom. The van der Waals surface area contributed by atoms with Crippen molar-refractivity contribution in [2.24, 2.45) is 0 Å². The summed E-state index contributed by atoms with van der Waals surface area (Å²) in [7, 11) is 1.53. The average Bonchev–Trinajstić information content (AvgIpc) is 3.55. The van der Waals surface area contributed by atoms with Crippen molar-refractivity contribution in [1.82, 2.24) is 30.0 Å². The lowest BCUT2D eigenvalue weighted by atomic mass is 10.1. The van der Waals surface area contributed by atoms with Gasteiger partial charge in [0.05, 0.1) is 16.8 Å². The number of H-pyrrole nitrogens is 1. The summed E-state index contributed by atoms with van der Waals surface area (Å²) >= 11 is 0. The number of carbonyl (C=O) groups is 2. The fourth-order valence-electron chi connectivity index (χ4n) is 5.06. The van der Waals surface area contributed by atoms with Gasteiger partial charge in [-0.25, -0.2) is 14.4 Å². The van der Waals surface area contributed by atoms with Crippen LogP contribution in [0.5, 0.6) is 0 Å². The third-order valence-electron chi connectivity index (χ3n) is 6.98. The van der Waals surface area contributed by atoms with Gasteiger partial charge in [0.1, 0.15) is 23.5 Å². The number of hydrogen-bond acceptors (Lipinski definition) is 5. The molecule has 2 amide bonds. The molecule has 4 heterocycles. The molecule has 1 aliphatic heterocycles. The number of benzene rings is 2. The third-order valence-corrected chi connectivity index (χ3v) is 6.98. The molecule has 41 heavy (non-hydrogen) atoms. The number of nitrogens with one attached hydrogen (secondary N) is 2. The first kappa shape index (κ1) is 26.2. The number of nitrogens with zero attached hydrogens (tertiary/aromatic N) is 5. The predicted molar refractivity (Wildman–Crippen MR) is 140 cm³/mol. The summed E-state index contributed by atoms with van der Waals surface area (Å²) in [5.74, 6) is -1.87. The molecule has 6 rings (SSSR count). The Morgan fingerprint density at radius 1 is 1.12 bits per heavy atom. The van der Waals surface area contributed by atoms with Gasteiger partial charge in [0.25, 0.3) is 5.91 Å². The number of aromatic amines is 1. The van der Waals surface area contributed by atoms with Crippen LogP contribution in [0.3, 0.4) is 0 Å². The Bertz CT molecular complexity index is 1810. The van der Waals surface area contributed by atoms with E-state index in [1.54, 1.807) is 36.4 Å². The summed E-state index contributed by atoms with van der Waals surface area (Å²) in [6, 6.07) is 12.2. The molecule has 208 valence electrons. The molecule has 0 saturated carbocycles. The summed E-state index contributed by atoms with van der Waals surface area (Å²) < 4.78 is 56.8. The normalized spacial score (nSPS) is 15.3. The summed E-state index contributed by atoms with van der Waals surface area (Å²) in [6.45, 7) is 0. The molecular weight excluding hydrogens is 542 g/mol. The number of aromatic nitrogens is 5. The van der Waals surface area contributed by atoms with E-state index in [9.17, 15) is 27.2 Å². The maximum atomic E-state index is 14.0. The largest absolute Gasteiger partial charge is 0.419 e. The fraction of sp³-hybridized carbons (Fsp3) is 0.179. The van der Waals surface area contributed by atoms with E-state index >= 15 is 0 Å². The molecule has 13 heteroatoms. The van der Waals surface area contributed by atoms with Crippen molar-refractivity contribution < 1.29 is 27.2 Å². The second-order valence-corrected chi connectivity index (χ2v) is 9.57. The van der Waals surface area contributed by atoms with Gasteiger partial charge in [-0.3, -0.25) is 14.7 Å². The highest BCUT2D eigenvalue weighted by Crippen LogP contribution is 2.39. The SMILES string of the molecule is CN1C(=O)[C@@H](NC(=O)c2n[nH]c(Cc3ccccc3F)n2)Cc2cn(-c3ncccc3C(F)(F)F)c3cccc1c23. The van der Waals surface area contributed by atoms with Gasteiger partial charge >= 0.3 is 6.18 Å². The standard InChI is InChI=1S/C28H21F4N7O2/c1-38-20-9-4-10-21-23(20)16(14-39(21)25-17(28(30,31)32)7-5-11-33-25)12-19(27(38)41)34-26(40)24-35-22(36-37-24)13-15-6-2-3-8-18(15)29/h2-11,14,19H,12-13H2,1H3,(H,34,40)(H,35,36,37)/t19-/m0/s1. The first-order valence-electron chi connectivity index (χ1n) is 12.5. The molecule has 0 unspecified atom stereocenters. The molecule has 0 fully saturated rings. The molecule has 0 aliphatic carbocycles. The Hall–Kier alpha value is -5.07. The van der Waals surface area contributed by atoms with E-state index < -0.39 is 35.4 Å². The number of hydrogen-bond donors (Lipinski definition) is 2. The number of anilines is 1. The van der Waals surface area contributed by atoms with Gasteiger partial charge in [-0.2, -0.15) is 13.2 Å². The molecular formula is C28H21F4N7O2. The van der Waals surface area contributed by atoms with Gasteiger partial charge in [0, 0.05) is 37.7 Å². The van der Waals surface area contributed by atoms with Crippen molar-refractivity contribution in [3.05, 3.63) is 101 Å². The molecule has 0 spiro atoms. The van der Waals surface area contributed by atoms with E-state index in [0.29, 0.717) is 27.7 Å². The average molecular weight is 564 g/mol. The summed E-state index contributed by atoms with van der Waals surface area (Å²) in [5.41, 5.74) is 0.917. The van der Waals surface area contributed by atoms with E-state index in [2.05, 4.69) is 25.5 Å². The van der Waals surface area contributed by atoms with Crippen LogP contribution in [0, 0.1) is 5.82 Å². The van der Waals surface area contributed by atoms with Gasteiger partial charge in [-0.1, -0.05) is 24.3 Å². The van der Waals surface area contributed by atoms with Gasteiger partial charge < -0.3 is 14.8 Å². The van der Waals surface area contributed by atoms with Crippen LogP contribution in [-0.4, -0.2) is 49.6 Å². The molecule has 2 aromatic carbocycles. The predicted octanol–water partition coefficient (Wildman–Crippen LogP) is 4.21. The number of pyridine rings is 1. The monoisotopic (exact) mass is 563 g/mol. The van der Waals surface area contributed by atoms with Crippen molar-refractivity contribution in [2.45, 2.75) is 25.1 Å². The van der Waals surface area contributed by atoms with Crippen molar-refractivity contribution in [3.8, 4) is 5.82 Å². The highest BCUT2D eigenvalue weighted by molar-refractivity contribution is 6.09. The lowest BCUT2D eigenvalue weighted by molar-refractivity contribution is -0.137. The van der Waals surface area contributed by atoms with Crippen LogP contribution in [0.15, 0.2) is 67.0 Å². The topological polar surface area (TPSA) is 109 Å². The van der Waals surface area contributed by atoms with Crippen LogP contribution in [0.25, 0.3) is 16.7 Å². The van der Waals surface area contributed by atoms with Crippen LogP contribution in [0.1, 0.15) is 33.1 Å². The maximum absolute atomic E-state index is 14.0. The molecule has 2 N–H and O–H groups in total. The van der Waals surface area contributed by atoms with E-state index in [-0.39, 0.29) is 30.3 Å². The quantitative estimate of drug-likeness (QED) is 0.312. The summed E-state index contributed by atoms with van der Waals surface area (Å²) in [5, 5.41) is 9.76. The number of halogens is 4. The number of amides is 2. The molecule has 5 aromatic rings. The molecule has 0 radical (unpaired) electrons. The van der Waals surface area contributed by atoms with Gasteiger partial charge in [0.2, 0.25) is 11.7 Å². The lowest BCUT2D eigenvalue weighted by Gasteiger charge is -2.22. The Morgan fingerprint density at radius 2 is 1.93 bits per heavy atom. The second kappa shape index (κ2) is 9.84. The Balaban J connectivity index is 1.32. The van der Waals surface area contributed by atoms with Gasteiger partial charge in [-0.05, 0) is 41.5 Å². The Labute approximate surface area is 229 Å². The highest BCUT2D eigenvalue weighted by atomic mass is 19.4. The fourth-order valence-corrected chi connectivity index (χ4v) is 5.06. The molecule has 3 aromatic heterocycles. The molecule has 9 nitrogen and oxygen atoms in total. The van der Waals surface area contributed by atoms with Crippen LogP contribution in [0.2, 0.25) is 0 Å². The zero-order valence-corrected chi connectivity index (χ0v) is 21.4.